The van der Waals surface area contributed by atoms with E-state index in [0.29, 0.717) is 13.2 Å². The zero-order chi connectivity index (χ0) is 21.2. The summed E-state index contributed by atoms with van der Waals surface area (Å²) in [4.78, 5) is 12.1. The normalized spacial score (nSPS) is 10.9. The number of hydrogen-bond acceptors (Lipinski definition) is 4. The van der Waals surface area contributed by atoms with Crippen LogP contribution in [0.3, 0.4) is 0 Å². The van der Waals surface area contributed by atoms with E-state index < -0.39 is 0 Å². The van der Waals surface area contributed by atoms with Gasteiger partial charge in [-0.3, -0.25) is 9.48 Å². The Bertz CT molecular complexity index is 980. The van der Waals surface area contributed by atoms with Gasteiger partial charge in [0.1, 0.15) is 18.1 Å². The highest BCUT2D eigenvalue weighted by atomic mass is 16.5. The maximum atomic E-state index is 12.1. The second kappa shape index (κ2) is 10.9. The van der Waals surface area contributed by atoms with Crippen molar-refractivity contribution in [3.05, 3.63) is 83.7 Å². The lowest BCUT2D eigenvalue weighted by atomic mass is 10.1. The van der Waals surface area contributed by atoms with Crippen LogP contribution in [0.15, 0.2) is 66.9 Å². The highest BCUT2D eigenvalue weighted by molar-refractivity contribution is 5.91. The Hall–Kier alpha value is -3.54. The minimum absolute atomic E-state index is 0.121. The van der Waals surface area contributed by atoms with Gasteiger partial charge in [-0.25, -0.2) is 0 Å². The van der Waals surface area contributed by atoms with E-state index >= 15 is 0 Å². The summed E-state index contributed by atoms with van der Waals surface area (Å²) in [6.07, 6.45) is 6.10. The fourth-order valence-electron chi connectivity index (χ4n) is 2.96. The fraction of sp³-hybridized carbons (Fsp3) is 0.250. The molecular formula is C24H27N3O3. The summed E-state index contributed by atoms with van der Waals surface area (Å²) in [5.74, 6) is 1.43. The number of para-hydroxylation sites is 1. The van der Waals surface area contributed by atoms with Crippen LogP contribution in [0.5, 0.6) is 11.5 Å². The summed E-state index contributed by atoms with van der Waals surface area (Å²) >= 11 is 0. The molecule has 2 aromatic carbocycles. The smallest absolute Gasteiger partial charge is 0.244 e. The van der Waals surface area contributed by atoms with Crippen LogP contribution >= 0.6 is 0 Å². The molecule has 0 saturated carbocycles. The number of ether oxygens (including phenoxy) is 2. The van der Waals surface area contributed by atoms with E-state index in [1.165, 1.54) is 0 Å². The van der Waals surface area contributed by atoms with E-state index in [0.717, 1.165) is 41.3 Å². The maximum absolute atomic E-state index is 12.1. The first-order valence-corrected chi connectivity index (χ1v) is 9.95. The Morgan fingerprint density at radius 1 is 1.17 bits per heavy atom. The summed E-state index contributed by atoms with van der Waals surface area (Å²) < 4.78 is 13.1. The molecule has 1 aromatic heterocycles. The molecule has 0 unspecified atom stereocenters. The molecule has 0 aliphatic rings. The standard InChI is InChI=1S/C24H27N3O3/c1-19-13-16-27(26-19)15-6-14-25-24(28)12-10-20-9-11-23(29-2)21(17-20)18-30-22-7-4-3-5-8-22/h3-5,7-13,16-17H,6,14-15,18H2,1-2H3,(H,25,28)/b12-10+. The highest BCUT2D eigenvalue weighted by Gasteiger charge is 2.05. The van der Waals surface area contributed by atoms with Crippen LogP contribution in [0, 0.1) is 6.92 Å². The minimum atomic E-state index is -0.121. The van der Waals surface area contributed by atoms with Crippen LogP contribution < -0.4 is 14.8 Å². The number of amides is 1. The van der Waals surface area contributed by atoms with Crippen molar-refractivity contribution in [2.75, 3.05) is 13.7 Å². The predicted molar refractivity (Wildman–Crippen MR) is 117 cm³/mol. The second-order valence-corrected chi connectivity index (χ2v) is 6.87. The molecule has 3 aromatic rings. The number of hydrogen-bond donors (Lipinski definition) is 1. The molecule has 0 bridgehead atoms. The van der Waals surface area contributed by atoms with E-state index in [4.69, 9.17) is 9.47 Å². The van der Waals surface area contributed by atoms with Gasteiger partial charge < -0.3 is 14.8 Å². The predicted octanol–water partition coefficient (Wildman–Crippen LogP) is 4.00. The van der Waals surface area contributed by atoms with Crippen LogP contribution in [-0.2, 0) is 17.9 Å². The van der Waals surface area contributed by atoms with Gasteiger partial charge in [-0.15, -0.1) is 0 Å². The van der Waals surface area contributed by atoms with Crippen molar-refractivity contribution in [3.63, 3.8) is 0 Å². The van der Waals surface area contributed by atoms with Crippen molar-refractivity contribution >= 4 is 12.0 Å². The SMILES string of the molecule is COc1ccc(/C=C/C(=O)NCCCn2ccc(C)n2)cc1COc1ccccc1. The number of aromatic nitrogens is 2. The molecule has 0 fully saturated rings. The van der Waals surface area contributed by atoms with Gasteiger partial charge in [0.05, 0.1) is 12.8 Å². The van der Waals surface area contributed by atoms with Gasteiger partial charge >= 0.3 is 0 Å². The first kappa shape index (κ1) is 21.2. The number of benzene rings is 2. The Morgan fingerprint density at radius 2 is 2.00 bits per heavy atom. The summed E-state index contributed by atoms with van der Waals surface area (Å²) in [7, 11) is 1.63. The van der Waals surface area contributed by atoms with Gasteiger partial charge in [0.25, 0.3) is 0 Å². The molecule has 1 N–H and O–H groups in total. The van der Waals surface area contributed by atoms with Crippen molar-refractivity contribution < 1.29 is 14.3 Å². The van der Waals surface area contributed by atoms with Crippen molar-refractivity contribution in [1.29, 1.82) is 0 Å². The van der Waals surface area contributed by atoms with Gasteiger partial charge in [0, 0.05) is 30.9 Å². The van der Waals surface area contributed by atoms with Crippen LogP contribution in [-0.4, -0.2) is 29.3 Å². The zero-order valence-corrected chi connectivity index (χ0v) is 17.4. The molecule has 1 amide bonds. The number of carbonyl (C=O) groups is 1. The lowest BCUT2D eigenvalue weighted by Crippen LogP contribution is -2.23. The molecule has 0 spiro atoms. The van der Waals surface area contributed by atoms with Crippen molar-refractivity contribution in [2.45, 2.75) is 26.5 Å². The molecule has 156 valence electrons. The van der Waals surface area contributed by atoms with Crippen molar-refractivity contribution in [2.24, 2.45) is 0 Å². The monoisotopic (exact) mass is 405 g/mol. The van der Waals surface area contributed by atoms with E-state index in [9.17, 15) is 4.79 Å². The summed E-state index contributed by atoms with van der Waals surface area (Å²) in [5.41, 5.74) is 2.82. The third-order valence-corrected chi connectivity index (χ3v) is 4.51. The molecule has 0 atom stereocenters. The molecule has 3 rings (SSSR count). The molecule has 0 radical (unpaired) electrons. The summed E-state index contributed by atoms with van der Waals surface area (Å²) in [5, 5.41) is 7.23. The largest absolute Gasteiger partial charge is 0.496 e. The topological polar surface area (TPSA) is 65.4 Å². The van der Waals surface area contributed by atoms with Crippen molar-refractivity contribution in [1.82, 2.24) is 15.1 Å². The van der Waals surface area contributed by atoms with Gasteiger partial charge in [-0.2, -0.15) is 5.10 Å². The van der Waals surface area contributed by atoms with Crippen molar-refractivity contribution in [3.8, 4) is 11.5 Å². The Labute approximate surface area is 177 Å². The number of methoxy groups -OCH3 is 1. The molecule has 0 aliphatic heterocycles. The molecule has 6 nitrogen and oxygen atoms in total. The van der Waals surface area contributed by atoms with E-state index in [-0.39, 0.29) is 5.91 Å². The quantitative estimate of drug-likeness (QED) is 0.409. The number of rotatable bonds is 10. The number of nitrogens with zero attached hydrogens (tertiary/aromatic N) is 2. The van der Waals surface area contributed by atoms with Gasteiger partial charge in [0.15, 0.2) is 0 Å². The molecule has 30 heavy (non-hydrogen) atoms. The van der Waals surface area contributed by atoms with E-state index in [2.05, 4.69) is 10.4 Å². The van der Waals surface area contributed by atoms with Crippen LogP contribution in [0.4, 0.5) is 0 Å². The average Bonchev–Trinajstić information content (AvgIpc) is 3.19. The Morgan fingerprint density at radius 3 is 2.73 bits per heavy atom. The molecule has 1 heterocycles. The molecular weight excluding hydrogens is 378 g/mol. The minimum Gasteiger partial charge on any atom is -0.496 e. The lowest BCUT2D eigenvalue weighted by Gasteiger charge is -2.11. The van der Waals surface area contributed by atoms with Crippen LogP contribution in [0.2, 0.25) is 0 Å². The first-order chi connectivity index (χ1) is 14.6. The fourth-order valence-corrected chi connectivity index (χ4v) is 2.96. The van der Waals surface area contributed by atoms with Crippen LogP contribution in [0.25, 0.3) is 6.08 Å². The molecule has 0 aliphatic carbocycles. The van der Waals surface area contributed by atoms with Crippen LogP contribution in [0.1, 0.15) is 23.2 Å². The average molecular weight is 405 g/mol. The molecule has 0 saturated heterocycles. The third kappa shape index (κ3) is 6.51. The number of aryl methyl sites for hydroxylation is 2. The summed E-state index contributed by atoms with van der Waals surface area (Å²) in [6.45, 7) is 3.72. The highest BCUT2D eigenvalue weighted by Crippen LogP contribution is 2.22. The molecule has 6 heteroatoms. The van der Waals surface area contributed by atoms with E-state index in [1.807, 2.05) is 72.4 Å². The lowest BCUT2D eigenvalue weighted by molar-refractivity contribution is -0.116. The summed E-state index contributed by atoms with van der Waals surface area (Å²) in [6, 6.07) is 17.4. The van der Waals surface area contributed by atoms with Gasteiger partial charge in [-0.05, 0) is 55.3 Å². The maximum Gasteiger partial charge on any atom is 0.244 e. The Kier molecular flexibility index (Phi) is 7.66. The number of nitrogens with one attached hydrogen (secondary N) is 1. The zero-order valence-electron chi connectivity index (χ0n) is 17.4. The van der Waals surface area contributed by atoms with Gasteiger partial charge in [0.2, 0.25) is 5.91 Å². The first-order valence-electron chi connectivity index (χ1n) is 9.95. The third-order valence-electron chi connectivity index (χ3n) is 4.51. The number of carbonyl (C=O) groups excluding carboxylic acids is 1. The Balaban J connectivity index is 1.50. The second-order valence-electron chi connectivity index (χ2n) is 6.87. The van der Waals surface area contributed by atoms with Gasteiger partial charge in [-0.1, -0.05) is 24.3 Å². The van der Waals surface area contributed by atoms with E-state index in [1.54, 1.807) is 19.3 Å².